The van der Waals surface area contributed by atoms with Gasteiger partial charge in [0.15, 0.2) is 0 Å². The van der Waals surface area contributed by atoms with Crippen LogP contribution >= 0.6 is 0 Å². The maximum atomic E-state index is 3.75. The van der Waals surface area contributed by atoms with E-state index in [0.29, 0.717) is 0 Å². The van der Waals surface area contributed by atoms with Crippen molar-refractivity contribution in [3.8, 4) is 0 Å². The van der Waals surface area contributed by atoms with Gasteiger partial charge < -0.3 is 10.2 Å². The smallest absolute Gasteiger partial charge is 0.0230 e. The van der Waals surface area contributed by atoms with Crippen molar-refractivity contribution in [2.45, 2.75) is 32.9 Å². The van der Waals surface area contributed by atoms with E-state index in [0.717, 1.165) is 32.6 Å². The fourth-order valence-corrected chi connectivity index (χ4v) is 1.93. The zero-order valence-corrected chi connectivity index (χ0v) is 11.8. The lowest BCUT2D eigenvalue weighted by Crippen LogP contribution is -2.19. The summed E-state index contributed by atoms with van der Waals surface area (Å²) in [7, 11) is 2.18. The fourth-order valence-electron chi connectivity index (χ4n) is 1.93. The van der Waals surface area contributed by atoms with Crippen LogP contribution in [0.3, 0.4) is 0 Å². The van der Waals surface area contributed by atoms with Gasteiger partial charge in [-0.3, -0.25) is 0 Å². The van der Waals surface area contributed by atoms with Crippen molar-refractivity contribution in [3.05, 3.63) is 48.0 Å². The average molecular weight is 246 g/mol. The fraction of sp³-hybridized carbons (Fsp3) is 0.500. The highest BCUT2D eigenvalue weighted by molar-refractivity contribution is 5.22. The molecule has 0 aromatic heterocycles. The molecule has 18 heavy (non-hydrogen) atoms. The quantitative estimate of drug-likeness (QED) is 0.532. The molecule has 0 saturated carbocycles. The molecule has 0 aliphatic heterocycles. The number of hydrogen-bond acceptors (Lipinski definition) is 2. The second kappa shape index (κ2) is 8.90. The monoisotopic (exact) mass is 246 g/mol. The van der Waals surface area contributed by atoms with Gasteiger partial charge in [-0.25, -0.2) is 0 Å². The van der Waals surface area contributed by atoms with Gasteiger partial charge in [-0.2, -0.15) is 0 Å². The molecule has 1 aromatic rings. The number of unbranched alkanes of at least 4 members (excludes halogenated alkanes) is 1. The first kappa shape index (κ1) is 14.9. The summed E-state index contributed by atoms with van der Waals surface area (Å²) in [6.07, 6.45) is 4.29. The topological polar surface area (TPSA) is 15.3 Å². The molecule has 1 N–H and O–H groups in total. The minimum Gasteiger partial charge on any atom is -0.313 e. The van der Waals surface area contributed by atoms with Gasteiger partial charge in [0.05, 0.1) is 0 Å². The van der Waals surface area contributed by atoms with Crippen molar-refractivity contribution in [3.63, 3.8) is 0 Å². The van der Waals surface area contributed by atoms with Gasteiger partial charge in [0.1, 0.15) is 0 Å². The summed E-state index contributed by atoms with van der Waals surface area (Å²) in [5, 5.41) is 3.34. The molecule has 1 aromatic carbocycles. The largest absolute Gasteiger partial charge is 0.313 e. The summed E-state index contributed by atoms with van der Waals surface area (Å²) >= 11 is 0. The number of hydrogen-bond donors (Lipinski definition) is 1. The number of nitrogens with one attached hydrogen (secondary N) is 1. The number of nitrogens with zero attached hydrogens (tertiary/aromatic N) is 1. The van der Waals surface area contributed by atoms with Crippen LogP contribution in [-0.4, -0.2) is 25.0 Å². The molecule has 100 valence electrons. The predicted octanol–water partition coefficient (Wildman–Crippen LogP) is 3.19. The molecule has 0 saturated heterocycles. The number of benzene rings is 1. The van der Waals surface area contributed by atoms with E-state index in [2.05, 4.69) is 55.0 Å². The van der Waals surface area contributed by atoms with Crippen LogP contribution < -0.4 is 5.32 Å². The Hall–Kier alpha value is -1.12. The van der Waals surface area contributed by atoms with E-state index in [1.54, 1.807) is 0 Å². The average Bonchev–Trinajstić information content (AvgIpc) is 2.38. The van der Waals surface area contributed by atoms with E-state index in [9.17, 15) is 0 Å². The number of allylic oxidation sites excluding steroid dienone is 1. The van der Waals surface area contributed by atoms with Gasteiger partial charge in [-0.1, -0.05) is 37.3 Å². The van der Waals surface area contributed by atoms with Gasteiger partial charge >= 0.3 is 0 Å². The van der Waals surface area contributed by atoms with E-state index < -0.39 is 0 Å². The Morgan fingerprint density at radius 3 is 2.50 bits per heavy atom. The van der Waals surface area contributed by atoms with Gasteiger partial charge in [0.2, 0.25) is 0 Å². The Labute approximate surface area is 112 Å². The maximum absolute atomic E-state index is 3.75. The molecule has 0 unspecified atom stereocenters. The van der Waals surface area contributed by atoms with Gasteiger partial charge in [-0.15, -0.1) is 6.58 Å². The Morgan fingerprint density at radius 1 is 1.22 bits per heavy atom. The standard InChI is InChI=1S/C16H26N2/c1-4-6-7-12-18(3)14-16-10-8-15(9-11-16)13-17-5-2/h4,8-11,17H,1,5-7,12-14H2,2-3H3. The van der Waals surface area contributed by atoms with Crippen LogP contribution in [0.1, 0.15) is 30.9 Å². The molecular weight excluding hydrogens is 220 g/mol. The lowest BCUT2D eigenvalue weighted by atomic mass is 10.1. The molecule has 0 amide bonds. The molecule has 0 aliphatic carbocycles. The minimum absolute atomic E-state index is 0.964. The minimum atomic E-state index is 0.964. The summed E-state index contributed by atoms with van der Waals surface area (Å²) in [5.74, 6) is 0. The van der Waals surface area contributed by atoms with Crippen molar-refractivity contribution in [2.75, 3.05) is 20.1 Å². The molecule has 0 radical (unpaired) electrons. The molecular formula is C16H26N2. The van der Waals surface area contributed by atoms with Gasteiger partial charge in [0.25, 0.3) is 0 Å². The molecule has 1 rings (SSSR count). The van der Waals surface area contributed by atoms with Gasteiger partial charge in [-0.05, 0) is 44.1 Å². The zero-order chi connectivity index (χ0) is 13.2. The Kier molecular flexibility index (Phi) is 7.38. The predicted molar refractivity (Wildman–Crippen MR) is 79.6 cm³/mol. The molecule has 2 nitrogen and oxygen atoms in total. The summed E-state index contributed by atoms with van der Waals surface area (Å²) in [6.45, 7) is 10.0. The number of rotatable bonds is 9. The first-order chi connectivity index (χ1) is 8.76. The third-order valence-corrected chi connectivity index (χ3v) is 3.00. The zero-order valence-electron chi connectivity index (χ0n) is 11.8. The van der Waals surface area contributed by atoms with E-state index >= 15 is 0 Å². The summed E-state index contributed by atoms with van der Waals surface area (Å²) in [4.78, 5) is 2.36. The third-order valence-electron chi connectivity index (χ3n) is 3.00. The van der Waals surface area contributed by atoms with E-state index in [1.165, 1.54) is 17.5 Å². The van der Waals surface area contributed by atoms with Crippen molar-refractivity contribution >= 4 is 0 Å². The van der Waals surface area contributed by atoms with Crippen LogP contribution in [0.25, 0.3) is 0 Å². The van der Waals surface area contributed by atoms with E-state index in [4.69, 9.17) is 0 Å². The van der Waals surface area contributed by atoms with Crippen LogP contribution in [0.5, 0.6) is 0 Å². The Bertz CT molecular complexity index is 329. The SMILES string of the molecule is C=CCCCN(C)Cc1ccc(CNCC)cc1. The molecule has 0 heterocycles. The van der Waals surface area contributed by atoms with Crippen molar-refractivity contribution in [1.29, 1.82) is 0 Å². The van der Waals surface area contributed by atoms with Crippen LogP contribution in [0.2, 0.25) is 0 Å². The van der Waals surface area contributed by atoms with Crippen LogP contribution in [0, 0.1) is 0 Å². The first-order valence-electron chi connectivity index (χ1n) is 6.84. The lowest BCUT2D eigenvalue weighted by molar-refractivity contribution is 0.323. The van der Waals surface area contributed by atoms with Gasteiger partial charge in [0, 0.05) is 13.1 Å². The molecule has 0 atom stereocenters. The van der Waals surface area contributed by atoms with Crippen LogP contribution in [0.4, 0.5) is 0 Å². The molecule has 0 fully saturated rings. The first-order valence-corrected chi connectivity index (χ1v) is 6.84. The van der Waals surface area contributed by atoms with E-state index in [1.807, 2.05) is 6.08 Å². The van der Waals surface area contributed by atoms with Crippen molar-refractivity contribution < 1.29 is 0 Å². The van der Waals surface area contributed by atoms with Crippen molar-refractivity contribution in [2.24, 2.45) is 0 Å². The highest BCUT2D eigenvalue weighted by Crippen LogP contribution is 2.07. The molecule has 2 heteroatoms. The highest BCUT2D eigenvalue weighted by Gasteiger charge is 2.00. The summed E-state index contributed by atoms with van der Waals surface area (Å²) < 4.78 is 0. The second-order valence-corrected chi connectivity index (χ2v) is 4.77. The van der Waals surface area contributed by atoms with Crippen LogP contribution in [0.15, 0.2) is 36.9 Å². The molecule has 0 bridgehead atoms. The molecule has 0 spiro atoms. The normalized spacial score (nSPS) is 10.8. The summed E-state index contributed by atoms with van der Waals surface area (Å²) in [6, 6.07) is 8.90. The lowest BCUT2D eigenvalue weighted by Gasteiger charge is -2.16. The molecule has 0 aliphatic rings. The Morgan fingerprint density at radius 2 is 1.89 bits per heavy atom. The maximum Gasteiger partial charge on any atom is 0.0230 e. The van der Waals surface area contributed by atoms with E-state index in [-0.39, 0.29) is 0 Å². The second-order valence-electron chi connectivity index (χ2n) is 4.77. The Balaban J connectivity index is 2.35. The highest BCUT2D eigenvalue weighted by atomic mass is 15.1. The summed E-state index contributed by atoms with van der Waals surface area (Å²) in [5.41, 5.74) is 2.74. The van der Waals surface area contributed by atoms with Crippen LogP contribution in [-0.2, 0) is 13.1 Å². The van der Waals surface area contributed by atoms with Crippen molar-refractivity contribution in [1.82, 2.24) is 10.2 Å². The third kappa shape index (κ3) is 5.99.